The molecule has 3 rings (SSSR count). The van der Waals surface area contributed by atoms with Crippen molar-refractivity contribution in [3.8, 4) is 0 Å². The second kappa shape index (κ2) is 9.09. The Kier molecular flexibility index (Phi) is 6.32. The van der Waals surface area contributed by atoms with Crippen molar-refractivity contribution < 1.29 is 19.1 Å². The summed E-state index contributed by atoms with van der Waals surface area (Å²) in [5.41, 5.74) is 0.960. The SMILES string of the molecule is CCOC(=O)c1ccccc1NC(=O)c1cnc(NCC2CCCO2)nc1. The van der Waals surface area contributed by atoms with Crippen molar-refractivity contribution in [2.24, 2.45) is 0 Å². The summed E-state index contributed by atoms with van der Waals surface area (Å²) < 4.78 is 10.5. The molecule has 1 aliphatic rings. The molecule has 1 aromatic carbocycles. The lowest BCUT2D eigenvalue weighted by Gasteiger charge is -2.11. The van der Waals surface area contributed by atoms with Crippen LogP contribution in [-0.4, -0.2) is 47.7 Å². The first-order chi connectivity index (χ1) is 13.2. The molecular formula is C19H22N4O4. The Balaban J connectivity index is 1.62. The molecule has 1 aromatic heterocycles. The number of hydrogen-bond donors (Lipinski definition) is 2. The number of ether oxygens (including phenoxy) is 2. The quantitative estimate of drug-likeness (QED) is 0.722. The van der Waals surface area contributed by atoms with Crippen LogP contribution >= 0.6 is 0 Å². The minimum Gasteiger partial charge on any atom is -0.462 e. The number of benzene rings is 1. The molecule has 1 amide bonds. The smallest absolute Gasteiger partial charge is 0.340 e. The van der Waals surface area contributed by atoms with Gasteiger partial charge in [-0.2, -0.15) is 0 Å². The number of esters is 1. The number of anilines is 2. The Labute approximate surface area is 157 Å². The first-order valence-electron chi connectivity index (χ1n) is 8.92. The van der Waals surface area contributed by atoms with E-state index >= 15 is 0 Å². The van der Waals surface area contributed by atoms with E-state index in [0.29, 0.717) is 23.7 Å². The molecule has 8 nitrogen and oxygen atoms in total. The van der Waals surface area contributed by atoms with E-state index in [1.165, 1.54) is 12.4 Å². The topological polar surface area (TPSA) is 102 Å². The van der Waals surface area contributed by atoms with Gasteiger partial charge in [0.1, 0.15) is 0 Å². The molecule has 1 aliphatic heterocycles. The molecule has 8 heteroatoms. The minimum atomic E-state index is -0.488. The summed E-state index contributed by atoms with van der Waals surface area (Å²) >= 11 is 0. The molecule has 27 heavy (non-hydrogen) atoms. The van der Waals surface area contributed by atoms with Gasteiger partial charge in [-0.1, -0.05) is 12.1 Å². The van der Waals surface area contributed by atoms with Crippen LogP contribution in [0.5, 0.6) is 0 Å². The molecule has 0 aliphatic carbocycles. The van der Waals surface area contributed by atoms with Crippen LogP contribution in [0.2, 0.25) is 0 Å². The van der Waals surface area contributed by atoms with Gasteiger partial charge >= 0.3 is 5.97 Å². The third kappa shape index (κ3) is 5.01. The number of carbonyl (C=O) groups is 2. The Bertz CT molecular complexity index is 789. The van der Waals surface area contributed by atoms with Gasteiger partial charge in [0.25, 0.3) is 5.91 Å². The highest BCUT2D eigenvalue weighted by atomic mass is 16.5. The predicted octanol–water partition coefficient (Wildman–Crippen LogP) is 2.50. The van der Waals surface area contributed by atoms with Gasteiger partial charge in [-0.15, -0.1) is 0 Å². The molecule has 1 fully saturated rings. The van der Waals surface area contributed by atoms with Crippen molar-refractivity contribution in [2.75, 3.05) is 30.4 Å². The van der Waals surface area contributed by atoms with Gasteiger partial charge in [0.2, 0.25) is 5.95 Å². The number of rotatable bonds is 7. The Morgan fingerprint density at radius 3 is 2.74 bits per heavy atom. The highest BCUT2D eigenvalue weighted by molar-refractivity contribution is 6.07. The average Bonchev–Trinajstić information content (AvgIpc) is 3.21. The van der Waals surface area contributed by atoms with E-state index in [2.05, 4.69) is 20.6 Å². The molecule has 2 aromatic rings. The van der Waals surface area contributed by atoms with Crippen molar-refractivity contribution in [1.82, 2.24) is 9.97 Å². The van der Waals surface area contributed by atoms with Gasteiger partial charge in [-0.25, -0.2) is 14.8 Å². The van der Waals surface area contributed by atoms with Crippen LogP contribution in [0.3, 0.4) is 0 Å². The van der Waals surface area contributed by atoms with Crippen LogP contribution in [0.15, 0.2) is 36.7 Å². The number of carbonyl (C=O) groups excluding carboxylic acids is 2. The predicted molar refractivity (Wildman–Crippen MR) is 99.8 cm³/mol. The molecule has 0 bridgehead atoms. The van der Waals surface area contributed by atoms with Crippen molar-refractivity contribution in [3.63, 3.8) is 0 Å². The summed E-state index contributed by atoms with van der Waals surface area (Å²) in [6.45, 7) is 3.41. The van der Waals surface area contributed by atoms with Gasteiger partial charge in [0.05, 0.1) is 29.5 Å². The van der Waals surface area contributed by atoms with Crippen molar-refractivity contribution in [1.29, 1.82) is 0 Å². The molecule has 2 heterocycles. The van der Waals surface area contributed by atoms with Crippen LogP contribution in [0.1, 0.15) is 40.5 Å². The van der Waals surface area contributed by atoms with Gasteiger partial charge < -0.3 is 20.1 Å². The molecule has 142 valence electrons. The van der Waals surface area contributed by atoms with Crippen LogP contribution in [0.4, 0.5) is 11.6 Å². The summed E-state index contributed by atoms with van der Waals surface area (Å²) in [6.07, 6.45) is 5.14. The molecule has 0 radical (unpaired) electrons. The first kappa shape index (κ1) is 18.8. The molecule has 1 unspecified atom stereocenters. The summed E-state index contributed by atoms with van der Waals surface area (Å²) in [7, 11) is 0. The number of hydrogen-bond acceptors (Lipinski definition) is 7. The monoisotopic (exact) mass is 370 g/mol. The molecule has 0 saturated carbocycles. The zero-order valence-corrected chi connectivity index (χ0v) is 15.1. The lowest BCUT2D eigenvalue weighted by molar-refractivity contribution is 0.0527. The molecule has 0 spiro atoms. The van der Waals surface area contributed by atoms with Crippen LogP contribution in [0, 0.1) is 0 Å². The fourth-order valence-corrected chi connectivity index (χ4v) is 2.72. The van der Waals surface area contributed by atoms with E-state index in [1.807, 2.05) is 0 Å². The maximum Gasteiger partial charge on any atom is 0.340 e. The standard InChI is InChI=1S/C19H22N4O4/c1-2-26-18(25)15-7-3-4-8-16(15)23-17(24)13-10-20-19(21-11-13)22-12-14-6-5-9-27-14/h3-4,7-8,10-11,14H,2,5-6,9,12H2,1H3,(H,23,24)(H,20,21,22). The molecule has 1 atom stereocenters. The van der Waals surface area contributed by atoms with Gasteiger partial charge in [-0.05, 0) is 31.9 Å². The Hall–Kier alpha value is -3.00. The van der Waals surface area contributed by atoms with Crippen LogP contribution < -0.4 is 10.6 Å². The van der Waals surface area contributed by atoms with Gasteiger partial charge in [0.15, 0.2) is 0 Å². The van der Waals surface area contributed by atoms with E-state index in [1.54, 1.807) is 31.2 Å². The summed E-state index contributed by atoms with van der Waals surface area (Å²) in [5.74, 6) is -0.454. The fourth-order valence-electron chi connectivity index (χ4n) is 2.72. The van der Waals surface area contributed by atoms with E-state index in [9.17, 15) is 9.59 Å². The Morgan fingerprint density at radius 2 is 2.04 bits per heavy atom. The van der Waals surface area contributed by atoms with E-state index in [4.69, 9.17) is 9.47 Å². The minimum absolute atomic E-state index is 0.177. The lowest BCUT2D eigenvalue weighted by atomic mass is 10.1. The number of nitrogens with zero attached hydrogens (tertiary/aromatic N) is 2. The van der Waals surface area contributed by atoms with E-state index < -0.39 is 11.9 Å². The summed E-state index contributed by atoms with van der Waals surface area (Å²) in [4.78, 5) is 32.8. The fraction of sp³-hybridized carbons (Fsp3) is 0.368. The van der Waals surface area contributed by atoms with Crippen molar-refractivity contribution >= 4 is 23.5 Å². The molecular weight excluding hydrogens is 348 g/mol. The van der Waals surface area contributed by atoms with Gasteiger partial charge in [-0.3, -0.25) is 4.79 Å². The maximum atomic E-state index is 12.4. The van der Waals surface area contributed by atoms with Crippen LogP contribution in [0.25, 0.3) is 0 Å². The number of amides is 1. The number of para-hydroxylation sites is 1. The third-order valence-corrected chi connectivity index (χ3v) is 4.10. The zero-order chi connectivity index (χ0) is 19.1. The molecule has 2 N–H and O–H groups in total. The summed E-state index contributed by atoms with van der Waals surface area (Å²) in [6, 6.07) is 6.68. The second-order valence-corrected chi connectivity index (χ2v) is 6.03. The summed E-state index contributed by atoms with van der Waals surface area (Å²) in [5, 5.41) is 5.80. The molecule has 1 saturated heterocycles. The lowest BCUT2D eigenvalue weighted by Crippen LogP contribution is -2.20. The third-order valence-electron chi connectivity index (χ3n) is 4.10. The number of aromatic nitrogens is 2. The van der Waals surface area contributed by atoms with Crippen LogP contribution in [-0.2, 0) is 9.47 Å². The first-order valence-corrected chi connectivity index (χ1v) is 8.92. The average molecular weight is 370 g/mol. The number of nitrogens with one attached hydrogen (secondary N) is 2. The highest BCUT2D eigenvalue weighted by Crippen LogP contribution is 2.17. The maximum absolute atomic E-state index is 12.4. The van der Waals surface area contributed by atoms with Gasteiger partial charge in [0, 0.05) is 25.5 Å². The highest BCUT2D eigenvalue weighted by Gasteiger charge is 2.17. The second-order valence-electron chi connectivity index (χ2n) is 6.03. The van der Waals surface area contributed by atoms with E-state index in [-0.39, 0.29) is 18.3 Å². The zero-order valence-electron chi connectivity index (χ0n) is 15.1. The van der Waals surface area contributed by atoms with E-state index in [0.717, 1.165) is 19.4 Å². The largest absolute Gasteiger partial charge is 0.462 e. The van der Waals surface area contributed by atoms with Crippen molar-refractivity contribution in [3.05, 3.63) is 47.8 Å². The normalized spacial score (nSPS) is 16.0. The van der Waals surface area contributed by atoms with Crippen molar-refractivity contribution in [2.45, 2.75) is 25.9 Å². The Morgan fingerprint density at radius 1 is 1.26 bits per heavy atom.